The van der Waals surface area contributed by atoms with E-state index in [-0.39, 0.29) is 6.03 Å². The van der Waals surface area contributed by atoms with Gasteiger partial charge in [0.05, 0.1) is 14.2 Å². The molecule has 0 aromatic heterocycles. The van der Waals surface area contributed by atoms with Crippen LogP contribution in [0.2, 0.25) is 0 Å². The van der Waals surface area contributed by atoms with Gasteiger partial charge in [0, 0.05) is 19.6 Å². The molecule has 0 radical (unpaired) electrons. The van der Waals surface area contributed by atoms with Crippen molar-refractivity contribution in [1.29, 1.82) is 0 Å². The molecule has 2 amide bonds. The van der Waals surface area contributed by atoms with Crippen molar-refractivity contribution >= 4 is 6.03 Å². The predicted octanol–water partition coefficient (Wildman–Crippen LogP) is 2.20. The standard InChI is InChI=1S/C19H25N3O3/c1-24-17-7-6-14(11-18(17)25-2)8-9-21-19(23)22-13-16-5-3-4-15(10-16)12-20/h3-7,10-11H,8-9,12-13,20H2,1-2H3,(H2,21,22,23). The summed E-state index contributed by atoms with van der Waals surface area (Å²) in [5.74, 6) is 1.38. The highest BCUT2D eigenvalue weighted by molar-refractivity contribution is 5.73. The second-order valence-corrected chi connectivity index (χ2v) is 5.57. The number of methoxy groups -OCH3 is 2. The SMILES string of the molecule is COc1ccc(CCNC(=O)NCc2cccc(CN)c2)cc1OC. The van der Waals surface area contributed by atoms with Crippen LogP contribution in [0.5, 0.6) is 11.5 Å². The van der Waals surface area contributed by atoms with Gasteiger partial charge in [-0.15, -0.1) is 0 Å². The van der Waals surface area contributed by atoms with Gasteiger partial charge in [-0.25, -0.2) is 4.79 Å². The van der Waals surface area contributed by atoms with Crippen molar-refractivity contribution in [2.24, 2.45) is 5.73 Å². The van der Waals surface area contributed by atoms with Crippen molar-refractivity contribution < 1.29 is 14.3 Å². The van der Waals surface area contributed by atoms with Crippen LogP contribution in [0.25, 0.3) is 0 Å². The summed E-state index contributed by atoms with van der Waals surface area (Å²) in [6, 6.07) is 13.4. The molecule has 2 rings (SSSR count). The van der Waals surface area contributed by atoms with Crippen LogP contribution >= 0.6 is 0 Å². The van der Waals surface area contributed by atoms with Crippen molar-refractivity contribution in [1.82, 2.24) is 10.6 Å². The van der Waals surface area contributed by atoms with Gasteiger partial charge in [-0.3, -0.25) is 0 Å². The van der Waals surface area contributed by atoms with Crippen LogP contribution in [0.1, 0.15) is 16.7 Å². The average molecular weight is 343 g/mol. The molecular formula is C19H25N3O3. The lowest BCUT2D eigenvalue weighted by Crippen LogP contribution is -2.36. The van der Waals surface area contributed by atoms with Crippen LogP contribution in [-0.2, 0) is 19.5 Å². The van der Waals surface area contributed by atoms with Gasteiger partial charge < -0.3 is 25.8 Å². The monoisotopic (exact) mass is 343 g/mol. The topological polar surface area (TPSA) is 85.6 Å². The van der Waals surface area contributed by atoms with E-state index in [2.05, 4.69) is 10.6 Å². The number of nitrogens with two attached hydrogens (primary N) is 1. The van der Waals surface area contributed by atoms with Crippen LogP contribution in [0, 0.1) is 0 Å². The zero-order valence-electron chi connectivity index (χ0n) is 14.7. The minimum atomic E-state index is -0.196. The van der Waals surface area contributed by atoms with Crippen molar-refractivity contribution in [2.75, 3.05) is 20.8 Å². The highest BCUT2D eigenvalue weighted by atomic mass is 16.5. The van der Waals surface area contributed by atoms with Crippen LogP contribution < -0.4 is 25.8 Å². The average Bonchev–Trinajstić information content (AvgIpc) is 2.66. The number of rotatable bonds is 8. The van der Waals surface area contributed by atoms with Gasteiger partial charge in [-0.05, 0) is 35.2 Å². The number of nitrogens with one attached hydrogen (secondary N) is 2. The summed E-state index contributed by atoms with van der Waals surface area (Å²) in [6.45, 7) is 1.49. The fraction of sp³-hybridized carbons (Fsp3) is 0.316. The van der Waals surface area contributed by atoms with E-state index in [4.69, 9.17) is 15.2 Å². The molecule has 0 aliphatic rings. The third-order valence-corrected chi connectivity index (χ3v) is 3.83. The molecule has 6 nitrogen and oxygen atoms in total. The van der Waals surface area contributed by atoms with Gasteiger partial charge >= 0.3 is 6.03 Å². The Morgan fingerprint density at radius 1 is 0.960 bits per heavy atom. The molecule has 4 N–H and O–H groups in total. The second-order valence-electron chi connectivity index (χ2n) is 5.57. The first-order valence-electron chi connectivity index (χ1n) is 8.16. The molecule has 2 aromatic carbocycles. The summed E-state index contributed by atoms with van der Waals surface area (Å²) in [4.78, 5) is 11.9. The van der Waals surface area contributed by atoms with Gasteiger partial charge in [0.2, 0.25) is 0 Å². The normalized spacial score (nSPS) is 10.2. The zero-order chi connectivity index (χ0) is 18.1. The van der Waals surface area contributed by atoms with Crippen LogP contribution in [-0.4, -0.2) is 26.8 Å². The Hall–Kier alpha value is -2.73. The summed E-state index contributed by atoms with van der Waals surface area (Å²) in [5, 5.41) is 5.69. The number of amides is 2. The zero-order valence-corrected chi connectivity index (χ0v) is 14.7. The Morgan fingerprint density at radius 2 is 1.72 bits per heavy atom. The number of benzene rings is 2. The van der Waals surface area contributed by atoms with Gasteiger partial charge in [-0.1, -0.05) is 30.3 Å². The first-order valence-corrected chi connectivity index (χ1v) is 8.16. The molecule has 0 atom stereocenters. The first-order chi connectivity index (χ1) is 12.2. The molecule has 6 heteroatoms. The Morgan fingerprint density at radius 3 is 2.44 bits per heavy atom. The summed E-state index contributed by atoms with van der Waals surface area (Å²) in [5.41, 5.74) is 8.76. The van der Waals surface area contributed by atoms with Gasteiger partial charge in [0.1, 0.15) is 0 Å². The number of hydrogen-bond acceptors (Lipinski definition) is 4. The number of ether oxygens (including phenoxy) is 2. The fourth-order valence-corrected chi connectivity index (χ4v) is 2.47. The third kappa shape index (κ3) is 5.69. The van der Waals surface area contributed by atoms with Gasteiger partial charge in [0.25, 0.3) is 0 Å². The molecule has 0 bridgehead atoms. The lowest BCUT2D eigenvalue weighted by Gasteiger charge is -2.11. The van der Waals surface area contributed by atoms with Crippen molar-refractivity contribution in [2.45, 2.75) is 19.5 Å². The molecule has 134 valence electrons. The molecular weight excluding hydrogens is 318 g/mol. The lowest BCUT2D eigenvalue weighted by molar-refractivity contribution is 0.240. The summed E-state index contributed by atoms with van der Waals surface area (Å²) in [7, 11) is 3.21. The molecule has 0 fully saturated rings. The van der Waals surface area contributed by atoms with E-state index in [1.54, 1.807) is 14.2 Å². The maximum Gasteiger partial charge on any atom is 0.315 e. The summed E-state index contributed by atoms with van der Waals surface area (Å²) < 4.78 is 10.5. The molecule has 2 aromatic rings. The number of hydrogen-bond donors (Lipinski definition) is 3. The molecule has 0 unspecified atom stereocenters. The van der Waals surface area contributed by atoms with E-state index in [0.717, 1.165) is 16.7 Å². The van der Waals surface area contributed by atoms with Crippen LogP contribution in [0.15, 0.2) is 42.5 Å². The maximum atomic E-state index is 11.9. The quantitative estimate of drug-likeness (QED) is 0.686. The highest BCUT2D eigenvalue weighted by Crippen LogP contribution is 2.27. The highest BCUT2D eigenvalue weighted by Gasteiger charge is 2.05. The molecule has 0 aliphatic heterocycles. The number of urea groups is 1. The maximum absolute atomic E-state index is 11.9. The Kier molecular flexibility index (Phi) is 7.10. The summed E-state index contributed by atoms with van der Waals surface area (Å²) in [6.07, 6.45) is 0.705. The third-order valence-electron chi connectivity index (χ3n) is 3.83. The Balaban J connectivity index is 1.76. The molecule has 0 heterocycles. The van der Waals surface area contributed by atoms with Gasteiger partial charge in [-0.2, -0.15) is 0 Å². The molecule has 0 saturated heterocycles. The molecule has 0 aliphatic carbocycles. The number of carbonyl (C=O) groups excluding carboxylic acids is 1. The predicted molar refractivity (Wildman–Crippen MR) is 97.8 cm³/mol. The van der Waals surface area contributed by atoms with Crippen LogP contribution in [0.3, 0.4) is 0 Å². The van der Waals surface area contributed by atoms with E-state index in [9.17, 15) is 4.79 Å². The van der Waals surface area contributed by atoms with E-state index in [1.165, 1.54) is 0 Å². The van der Waals surface area contributed by atoms with E-state index in [1.807, 2.05) is 42.5 Å². The summed E-state index contributed by atoms with van der Waals surface area (Å²) >= 11 is 0. The fourth-order valence-electron chi connectivity index (χ4n) is 2.47. The second kappa shape index (κ2) is 9.54. The molecule has 0 saturated carbocycles. The van der Waals surface area contributed by atoms with E-state index in [0.29, 0.717) is 37.6 Å². The Bertz CT molecular complexity index is 704. The smallest absolute Gasteiger partial charge is 0.315 e. The van der Waals surface area contributed by atoms with Crippen molar-refractivity contribution in [3.8, 4) is 11.5 Å². The Labute approximate surface area is 148 Å². The first kappa shape index (κ1) is 18.6. The lowest BCUT2D eigenvalue weighted by atomic mass is 10.1. The van der Waals surface area contributed by atoms with E-state index >= 15 is 0 Å². The van der Waals surface area contributed by atoms with E-state index < -0.39 is 0 Å². The van der Waals surface area contributed by atoms with Crippen molar-refractivity contribution in [3.05, 3.63) is 59.2 Å². The number of carbonyl (C=O) groups is 1. The minimum Gasteiger partial charge on any atom is -0.493 e. The molecule has 25 heavy (non-hydrogen) atoms. The van der Waals surface area contributed by atoms with Crippen molar-refractivity contribution in [3.63, 3.8) is 0 Å². The van der Waals surface area contributed by atoms with Crippen LogP contribution in [0.4, 0.5) is 4.79 Å². The molecule has 0 spiro atoms. The van der Waals surface area contributed by atoms with Gasteiger partial charge in [0.15, 0.2) is 11.5 Å². The minimum absolute atomic E-state index is 0.196. The largest absolute Gasteiger partial charge is 0.493 e.